The molecule has 2 atom stereocenters. The second-order valence-corrected chi connectivity index (χ2v) is 7.71. The Hall–Kier alpha value is -2.02. The second-order valence-electron chi connectivity index (χ2n) is 7.71. The fraction of sp³-hybridized carbons (Fsp3) is 0.526. The lowest BCUT2D eigenvalue weighted by molar-refractivity contribution is -0.0536. The van der Waals surface area contributed by atoms with Crippen LogP contribution in [0, 0.1) is 17.5 Å². The average molecular weight is 369 g/mol. The molecule has 0 radical (unpaired) electrons. The molecule has 2 bridgehead atoms. The Balaban J connectivity index is 1.80. The van der Waals surface area contributed by atoms with Crippen LogP contribution in [0.4, 0.5) is 18.0 Å². The molecule has 1 aromatic rings. The zero-order chi connectivity index (χ0) is 19.1. The number of carbonyl (C=O) groups excluding carboxylic acids is 1. The normalized spacial score (nSPS) is 22.8. The minimum Gasteiger partial charge on any atom is -0.444 e. The first-order chi connectivity index (χ1) is 12.1. The number of nitrogens with zero attached hydrogens (tertiary/aromatic N) is 1. The molecule has 1 saturated heterocycles. The van der Waals surface area contributed by atoms with E-state index >= 15 is 0 Å². The predicted molar refractivity (Wildman–Crippen MR) is 89.2 cm³/mol. The van der Waals surface area contributed by atoms with Crippen molar-refractivity contribution in [2.75, 3.05) is 13.2 Å². The predicted octanol–water partition coefficient (Wildman–Crippen LogP) is 3.98. The van der Waals surface area contributed by atoms with Crippen molar-refractivity contribution < 1.29 is 27.4 Å². The van der Waals surface area contributed by atoms with Crippen molar-refractivity contribution in [1.82, 2.24) is 4.90 Å². The fourth-order valence-corrected chi connectivity index (χ4v) is 3.36. The summed E-state index contributed by atoms with van der Waals surface area (Å²) < 4.78 is 51.4. The molecule has 142 valence electrons. The van der Waals surface area contributed by atoms with Gasteiger partial charge in [-0.1, -0.05) is 11.6 Å². The van der Waals surface area contributed by atoms with Crippen LogP contribution in [-0.2, 0) is 15.9 Å². The summed E-state index contributed by atoms with van der Waals surface area (Å²) in [6.07, 6.45) is 2.05. The van der Waals surface area contributed by atoms with Crippen LogP contribution in [0.15, 0.2) is 23.8 Å². The summed E-state index contributed by atoms with van der Waals surface area (Å²) in [4.78, 5) is 14.1. The van der Waals surface area contributed by atoms with Crippen molar-refractivity contribution in [1.29, 1.82) is 0 Å². The van der Waals surface area contributed by atoms with Gasteiger partial charge < -0.3 is 9.47 Å². The Morgan fingerprint density at radius 3 is 2.54 bits per heavy atom. The van der Waals surface area contributed by atoms with E-state index in [9.17, 15) is 18.0 Å². The summed E-state index contributed by atoms with van der Waals surface area (Å²) in [5.41, 5.74) is 0.359. The van der Waals surface area contributed by atoms with Gasteiger partial charge in [0.2, 0.25) is 0 Å². The maximum atomic E-state index is 13.9. The van der Waals surface area contributed by atoms with Gasteiger partial charge >= 0.3 is 6.09 Å². The molecular formula is C19H22F3NO3. The maximum Gasteiger partial charge on any atom is 0.411 e. The van der Waals surface area contributed by atoms with Crippen molar-refractivity contribution in [2.45, 2.75) is 51.3 Å². The molecule has 0 spiro atoms. The smallest absolute Gasteiger partial charge is 0.411 e. The number of ether oxygens (including phenoxy) is 2. The summed E-state index contributed by atoms with van der Waals surface area (Å²) in [7, 11) is 0. The Kier molecular flexibility index (Phi) is 5.01. The van der Waals surface area contributed by atoms with Crippen LogP contribution >= 0.6 is 0 Å². The lowest BCUT2D eigenvalue weighted by Gasteiger charge is -2.44. The molecule has 4 nitrogen and oxygen atoms in total. The maximum absolute atomic E-state index is 13.9. The van der Waals surface area contributed by atoms with Crippen LogP contribution < -0.4 is 0 Å². The number of hydrogen-bond acceptors (Lipinski definition) is 3. The summed E-state index contributed by atoms with van der Waals surface area (Å²) in [5.74, 6) is -3.05. The van der Waals surface area contributed by atoms with Crippen LogP contribution in [0.3, 0.4) is 0 Å². The molecule has 1 aromatic carbocycles. The fourth-order valence-electron chi connectivity index (χ4n) is 3.36. The average Bonchev–Trinajstić information content (AvgIpc) is 2.50. The van der Waals surface area contributed by atoms with Gasteiger partial charge in [0.15, 0.2) is 11.6 Å². The molecule has 2 heterocycles. The van der Waals surface area contributed by atoms with Gasteiger partial charge in [0.05, 0.1) is 25.3 Å². The van der Waals surface area contributed by atoms with Gasteiger partial charge in [-0.2, -0.15) is 0 Å². The Morgan fingerprint density at radius 1 is 1.19 bits per heavy atom. The molecule has 2 unspecified atom stereocenters. The van der Waals surface area contributed by atoms with E-state index in [0.29, 0.717) is 25.7 Å². The van der Waals surface area contributed by atoms with E-state index in [-0.39, 0.29) is 24.1 Å². The number of fused-ring (bicyclic) bond motifs is 2. The highest BCUT2D eigenvalue weighted by atomic mass is 19.2. The first kappa shape index (κ1) is 18.8. The number of carbonyl (C=O) groups is 1. The number of halogens is 3. The van der Waals surface area contributed by atoms with Gasteiger partial charge in [-0.25, -0.2) is 18.0 Å². The Bertz CT molecular complexity index is 742. The molecule has 3 rings (SSSR count). The molecule has 26 heavy (non-hydrogen) atoms. The third kappa shape index (κ3) is 4.03. The first-order valence-corrected chi connectivity index (χ1v) is 8.56. The van der Waals surface area contributed by atoms with E-state index in [1.54, 1.807) is 25.7 Å². The van der Waals surface area contributed by atoms with Gasteiger partial charge in [0.25, 0.3) is 0 Å². The monoisotopic (exact) mass is 369 g/mol. The van der Waals surface area contributed by atoms with Gasteiger partial charge in [-0.05, 0) is 45.2 Å². The molecule has 1 fully saturated rings. The van der Waals surface area contributed by atoms with Crippen LogP contribution in [0.25, 0.3) is 0 Å². The Labute approximate surface area is 150 Å². The van der Waals surface area contributed by atoms with E-state index < -0.39 is 29.1 Å². The van der Waals surface area contributed by atoms with E-state index in [1.807, 2.05) is 6.08 Å². The molecule has 2 aliphatic rings. The van der Waals surface area contributed by atoms with Crippen LogP contribution in [0.1, 0.15) is 32.8 Å². The van der Waals surface area contributed by atoms with Crippen LogP contribution in [0.5, 0.6) is 0 Å². The minimum atomic E-state index is -1.20. The third-order valence-electron chi connectivity index (χ3n) is 4.39. The second kappa shape index (κ2) is 6.95. The van der Waals surface area contributed by atoms with Crippen LogP contribution in [0.2, 0.25) is 0 Å². The van der Waals surface area contributed by atoms with Gasteiger partial charge in [-0.15, -0.1) is 0 Å². The molecule has 0 saturated carbocycles. The molecule has 0 aromatic heterocycles. The zero-order valence-electron chi connectivity index (χ0n) is 15.0. The molecule has 0 N–H and O–H groups in total. The third-order valence-corrected chi connectivity index (χ3v) is 4.39. The van der Waals surface area contributed by atoms with Crippen molar-refractivity contribution >= 4 is 6.09 Å². The first-order valence-electron chi connectivity index (χ1n) is 8.56. The molecule has 0 aliphatic carbocycles. The number of amides is 1. The lowest BCUT2D eigenvalue weighted by Crippen LogP contribution is -2.57. The quantitative estimate of drug-likeness (QED) is 0.585. The van der Waals surface area contributed by atoms with E-state index in [2.05, 4.69) is 0 Å². The molecule has 1 amide bonds. The zero-order valence-corrected chi connectivity index (χ0v) is 15.0. The van der Waals surface area contributed by atoms with E-state index in [1.165, 1.54) is 0 Å². The molecule has 7 heteroatoms. The van der Waals surface area contributed by atoms with Crippen molar-refractivity contribution in [3.05, 3.63) is 46.8 Å². The highest BCUT2D eigenvalue weighted by Gasteiger charge is 2.40. The lowest BCUT2D eigenvalue weighted by atomic mass is 9.90. The van der Waals surface area contributed by atoms with Gasteiger partial charge in [-0.3, -0.25) is 4.90 Å². The molecular weight excluding hydrogens is 347 g/mol. The summed E-state index contributed by atoms with van der Waals surface area (Å²) >= 11 is 0. The standard InChI is InChI=1S/C19H22F3NO3/c1-19(2,3)26-18(24)23-13-5-11(6-14(23)10-25-9-13)4-12-7-16(21)17(22)8-15(12)20/h5,7-8,13-14H,4,6,9-10H2,1-3H3. The van der Waals surface area contributed by atoms with Crippen molar-refractivity contribution in [3.63, 3.8) is 0 Å². The highest BCUT2D eigenvalue weighted by Crippen LogP contribution is 2.31. The van der Waals surface area contributed by atoms with Crippen LogP contribution in [-0.4, -0.2) is 41.9 Å². The number of morpholine rings is 1. The Morgan fingerprint density at radius 2 is 1.88 bits per heavy atom. The largest absolute Gasteiger partial charge is 0.444 e. The summed E-state index contributed by atoms with van der Waals surface area (Å²) in [5, 5.41) is 0. The van der Waals surface area contributed by atoms with E-state index in [4.69, 9.17) is 9.47 Å². The number of hydrogen-bond donors (Lipinski definition) is 0. The SMILES string of the molecule is CC(C)(C)OC(=O)N1C2C=C(Cc3cc(F)c(F)cc3F)CC1COC2. The number of benzene rings is 1. The summed E-state index contributed by atoms with van der Waals surface area (Å²) in [6, 6.07) is 0.904. The van der Waals surface area contributed by atoms with Crippen molar-refractivity contribution in [3.8, 4) is 0 Å². The summed E-state index contributed by atoms with van der Waals surface area (Å²) in [6.45, 7) is 6.07. The van der Waals surface area contributed by atoms with Crippen molar-refractivity contribution in [2.24, 2.45) is 0 Å². The van der Waals surface area contributed by atoms with Gasteiger partial charge in [0.1, 0.15) is 11.4 Å². The molecule has 2 aliphatic heterocycles. The highest BCUT2D eigenvalue weighted by molar-refractivity contribution is 5.70. The topological polar surface area (TPSA) is 38.8 Å². The van der Waals surface area contributed by atoms with Gasteiger partial charge in [0, 0.05) is 6.07 Å². The van der Waals surface area contributed by atoms with E-state index in [0.717, 1.165) is 11.6 Å². The minimum absolute atomic E-state index is 0.0971. The number of rotatable bonds is 2.